The van der Waals surface area contributed by atoms with Crippen LogP contribution in [0.25, 0.3) is 0 Å². The average molecular weight is 511 g/mol. The van der Waals surface area contributed by atoms with Gasteiger partial charge in [-0.05, 0) is 29.8 Å². The smallest absolute Gasteiger partial charge is 0.320 e. The van der Waals surface area contributed by atoms with E-state index in [-0.39, 0.29) is 11.6 Å². The second kappa shape index (κ2) is 8.93. The summed E-state index contributed by atoms with van der Waals surface area (Å²) in [6, 6.07) is 5.66. The van der Waals surface area contributed by atoms with Crippen LogP contribution in [0, 0.1) is 15.9 Å². The van der Waals surface area contributed by atoms with Crippen LogP contribution in [-0.4, -0.2) is 14.5 Å². The summed E-state index contributed by atoms with van der Waals surface area (Å²) in [5.41, 5.74) is -6.19. The topological polar surface area (TPSA) is 90.1 Å². The van der Waals surface area contributed by atoms with Crippen molar-refractivity contribution in [3.05, 3.63) is 90.6 Å². The Hall–Kier alpha value is -3.68. The fraction of sp³-hybridized carbons (Fsp3) is 0.158. The number of alkyl halides is 6. The van der Waals surface area contributed by atoms with Gasteiger partial charge in [-0.15, -0.1) is 0 Å². The fourth-order valence-corrected chi connectivity index (χ4v) is 3.07. The van der Waals surface area contributed by atoms with E-state index in [1.807, 2.05) is 0 Å². The van der Waals surface area contributed by atoms with Crippen LogP contribution in [-0.2, 0) is 18.9 Å². The molecule has 1 aromatic heterocycles. The molecule has 2 aromatic carbocycles. The Bertz CT molecular complexity index is 1310. The van der Waals surface area contributed by atoms with Gasteiger partial charge in [-0.1, -0.05) is 23.7 Å². The molecule has 0 bridgehead atoms. The summed E-state index contributed by atoms with van der Waals surface area (Å²) in [5, 5.41) is 12.1. The molecule has 34 heavy (non-hydrogen) atoms. The number of halogens is 8. The Balaban J connectivity index is 2.20. The van der Waals surface area contributed by atoms with Crippen molar-refractivity contribution in [2.45, 2.75) is 18.9 Å². The van der Waals surface area contributed by atoms with E-state index in [4.69, 9.17) is 11.6 Å². The van der Waals surface area contributed by atoms with E-state index in [9.17, 15) is 45.6 Å². The van der Waals surface area contributed by atoms with Crippen LogP contribution in [0.2, 0.25) is 5.02 Å². The number of aromatic nitrogens is 2. The zero-order valence-electron chi connectivity index (χ0n) is 16.3. The molecular formula is C19H10ClF7N4O3. The van der Waals surface area contributed by atoms with Gasteiger partial charge in [-0.2, -0.15) is 26.3 Å². The molecule has 3 rings (SSSR count). The minimum atomic E-state index is -5.20. The van der Waals surface area contributed by atoms with Crippen molar-refractivity contribution in [2.24, 2.45) is 0 Å². The molecule has 3 aromatic rings. The van der Waals surface area contributed by atoms with Gasteiger partial charge in [0.1, 0.15) is 16.5 Å². The van der Waals surface area contributed by atoms with E-state index in [0.717, 1.165) is 12.1 Å². The van der Waals surface area contributed by atoms with E-state index in [1.165, 1.54) is 12.1 Å². The molecule has 1 heterocycles. The highest BCUT2D eigenvalue weighted by Crippen LogP contribution is 2.37. The lowest BCUT2D eigenvalue weighted by molar-refractivity contribution is -0.384. The predicted molar refractivity (Wildman–Crippen MR) is 105 cm³/mol. The van der Waals surface area contributed by atoms with Gasteiger partial charge in [-0.3, -0.25) is 19.5 Å². The Kier molecular flexibility index (Phi) is 6.55. The van der Waals surface area contributed by atoms with Crippen LogP contribution >= 0.6 is 11.6 Å². The number of nitrogens with zero attached hydrogens (tertiary/aromatic N) is 3. The summed E-state index contributed by atoms with van der Waals surface area (Å²) in [7, 11) is 0. The van der Waals surface area contributed by atoms with Crippen LogP contribution in [0.3, 0.4) is 0 Å². The van der Waals surface area contributed by atoms with Gasteiger partial charge in [0.05, 0.1) is 17.0 Å². The van der Waals surface area contributed by atoms with Crippen molar-refractivity contribution in [3.63, 3.8) is 0 Å². The monoisotopic (exact) mass is 510 g/mol. The van der Waals surface area contributed by atoms with Gasteiger partial charge < -0.3 is 5.32 Å². The number of benzene rings is 2. The van der Waals surface area contributed by atoms with E-state index in [2.05, 4.69) is 10.3 Å². The average Bonchev–Trinajstić information content (AvgIpc) is 2.73. The van der Waals surface area contributed by atoms with Gasteiger partial charge in [-0.25, -0.2) is 9.37 Å². The molecule has 0 aliphatic rings. The largest absolute Gasteiger partial charge is 0.435 e. The molecule has 7 nitrogen and oxygen atoms in total. The molecule has 1 N–H and O–H groups in total. The minimum absolute atomic E-state index is 0.172. The molecule has 0 spiro atoms. The van der Waals surface area contributed by atoms with Crippen molar-refractivity contribution in [1.29, 1.82) is 0 Å². The molecule has 0 atom stereocenters. The van der Waals surface area contributed by atoms with Crippen LogP contribution in [0.4, 0.5) is 48.1 Å². The normalized spacial score (nSPS) is 12.0. The van der Waals surface area contributed by atoms with E-state index in [1.54, 1.807) is 0 Å². The van der Waals surface area contributed by atoms with Gasteiger partial charge in [0.15, 0.2) is 5.69 Å². The number of nitro benzene ring substituents is 1. The fourth-order valence-electron chi connectivity index (χ4n) is 2.82. The zero-order chi connectivity index (χ0) is 25.4. The summed E-state index contributed by atoms with van der Waals surface area (Å²) < 4.78 is 92.6. The highest BCUT2D eigenvalue weighted by atomic mass is 35.5. The van der Waals surface area contributed by atoms with E-state index >= 15 is 0 Å². The summed E-state index contributed by atoms with van der Waals surface area (Å²) in [4.78, 5) is 26.0. The van der Waals surface area contributed by atoms with Crippen LogP contribution in [0.5, 0.6) is 0 Å². The zero-order valence-corrected chi connectivity index (χ0v) is 17.1. The molecule has 180 valence electrons. The Labute approximate surface area is 189 Å². The third kappa shape index (κ3) is 5.27. The summed E-state index contributed by atoms with van der Waals surface area (Å²) >= 11 is 5.57. The predicted octanol–water partition coefficient (Wildman–Crippen LogP) is 5.77. The standard InChI is InChI=1S/C19H10ClF7N4O3/c20-14-15(19(25,26)27)29-17(30(16(14)32)8-9-1-4-11(21)5-2-9)28-12-6-3-10(18(22,23)24)7-13(12)31(33)34/h1-7H,8H2,(H,28,29). The number of nitro groups is 1. The first-order chi connectivity index (χ1) is 15.7. The van der Waals surface area contributed by atoms with Crippen LogP contribution < -0.4 is 10.9 Å². The first-order valence-electron chi connectivity index (χ1n) is 8.93. The summed E-state index contributed by atoms with van der Waals surface area (Å²) in [5.74, 6) is -1.53. The van der Waals surface area contributed by atoms with Gasteiger partial charge >= 0.3 is 12.4 Å². The highest BCUT2D eigenvalue weighted by Gasteiger charge is 2.38. The first-order valence-corrected chi connectivity index (χ1v) is 9.31. The van der Waals surface area contributed by atoms with Crippen molar-refractivity contribution < 1.29 is 35.7 Å². The van der Waals surface area contributed by atoms with Crippen molar-refractivity contribution in [1.82, 2.24) is 9.55 Å². The van der Waals surface area contributed by atoms with Crippen molar-refractivity contribution >= 4 is 28.9 Å². The summed E-state index contributed by atoms with van der Waals surface area (Å²) in [6.45, 7) is -0.499. The minimum Gasteiger partial charge on any atom is -0.320 e. The molecule has 15 heteroatoms. The SMILES string of the molecule is O=c1c(Cl)c(C(F)(F)F)nc(Nc2ccc(C(F)(F)F)cc2[N+](=O)[O-])n1Cc1ccc(F)cc1. The lowest BCUT2D eigenvalue weighted by Crippen LogP contribution is -2.29. The Morgan fingerprint density at radius 1 is 1.03 bits per heavy atom. The summed E-state index contributed by atoms with van der Waals surface area (Å²) in [6.07, 6.45) is -10.1. The lowest BCUT2D eigenvalue weighted by atomic mass is 10.1. The highest BCUT2D eigenvalue weighted by molar-refractivity contribution is 6.31. The maximum atomic E-state index is 13.3. The van der Waals surface area contributed by atoms with E-state index in [0.29, 0.717) is 16.7 Å². The molecule has 0 saturated heterocycles. The van der Waals surface area contributed by atoms with Crippen molar-refractivity contribution in [3.8, 4) is 0 Å². The van der Waals surface area contributed by atoms with Crippen LogP contribution in [0.15, 0.2) is 47.3 Å². The van der Waals surface area contributed by atoms with Crippen LogP contribution in [0.1, 0.15) is 16.8 Å². The maximum absolute atomic E-state index is 13.3. The van der Waals surface area contributed by atoms with E-state index < -0.39 is 68.8 Å². The molecule has 0 saturated carbocycles. The Morgan fingerprint density at radius 3 is 2.18 bits per heavy atom. The number of hydrogen-bond acceptors (Lipinski definition) is 5. The van der Waals surface area contributed by atoms with Gasteiger partial charge in [0.2, 0.25) is 5.95 Å². The number of nitrogens with one attached hydrogen (secondary N) is 1. The van der Waals surface area contributed by atoms with Crippen molar-refractivity contribution in [2.75, 3.05) is 5.32 Å². The molecule has 0 unspecified atom stereocenters. The maximum Gasteiger partial charge on any atom is 0.435 e. The number of hydrogen-bond donors (Lipinski definition) is 1. The third-order valence-corrected chi connectivity index (χ3v) is 4.75. The Morgan fingerprint density at radius 2 is 1.65 bits per heavy atom. The first kappa shape index (κ1) is 25.0. The second-order valence-electron chi connectivity index (χ2n) is 6.73. The third-order valence-electron chi connectivity index (χ3n) is 4.40. The number of rotatable bonds is 5. The molecule has 0 aliphatic heterocycles. The second-order valence-corrected chi connectivity index (χ2v) is 7.10. The lowest BCUT2D eigenvalue weighted by Gasteiger charge is -2.18. The van der Waals surface area contributed by atoms with Gasteiger partial charge in [0.25, 0.3) is 11.2 Å². The molecule has 0 fully saturated rings. The molecular weight excluding hydrogens is 501 g/mol. The van der Waals surface area contributed by atoms with Gasteiger partial charge in [0, 0.05) is 6.07 Å². The quantitative estimate of drug-likeness (QED) is 0.267. The number of anilines is 2. The molecule has 0 aliphatic carbocycles. The molecule has 0 amide bonds. The molecule has 0 radical (unpaired) electrons.